The second-order valence-electron chi connectivity index (χ2n) is 6.28. The summed E-state index contributed by atoms with van der Waals surface area (Å²) in [5.41, 5.74) is 0.366. The van der Waals surface area contributed by atoms with Crippen molar-refractivity contribution in [1.82, 2.24) is 9.91 Å². The molecule has 1 atom stereocenters. The zero-order chi connectivity index (χ0) is 21.8. The van der Waals surface area contributed by atoms with Gasteiger partial charge in [-0.25, -0.2) is 19.5 Å². The molecule has 12 heteroatoms. The van der Waals surface area contributed by atoms with Gasteiger partial charge in [-0.15, -0.1) is 0 Å². The van der Waals surface area contributed by atoms with Crippen LogP contribution in [0.2, 0.25) is 0 Å². The van der Waals surface area contributed by atoms with E-state index < -0.39 is 29.2 Å². The lowest BCUT2D eigenvalue weighted by atomic mass is 10.1. The highest BCUT2D eigenvalue weighted by atomic mass is 32.2. The minimum Gasteiger partial charge on any atom is -0.612 e. The Hall–Kier alpha value is -3.51. The number of furan rings is 1. The van der Waals surface area contributed by atoms with E-state index in [9.17, 15) is 24.0 Å². The Kier molecular flexibility index (Phi) is 6.28. The summed E-state index contributed by atoms with van der Waals surface area (Å²) in [5, 5.41) is 26.1. The molecule has 0 radical (unpaired) electrons. The van der Waals surface area contributed by atoms with E-state index in [1.54, 1.807) is 0 Å². The van der Waals surface area contributed by atoms with Crippen molar-refractivity contribution >= 4 is 41.1 Å². The monoisotopic (exact) mass is 434 g/mol. The van der Waals surface area contributed by atoms with Gasteiger partial charge in [-0.1, -0.05) is 6.07 Å². The van der Waals surface area contributed by atoms with E-state index >= 15 is 0 Å². The van der Waals surface area contributed by atoms with Gasteiger partial charge < -0.3 is 24.5 Å². The van der Waals surface area contributed by atoms with E-state index in [0.717, 1.165) is 9.91 Å². The summed E-state index contributed by atoms with van der Waals surface area (Å²) in [5.74, 6) is -0.972. The molecule has 4 amide bonds. The highest BCUT2D eigenvalue weighted by Crippen LogP contribution is 2.23. The van der Waals surface area contributed by atoms with Crippen molar-refractivity contribution in [3.8, 4) is 5.75 Å². The predicted octanol–water partition coefficient (Wildman–Crippen LogP) is 1.65. The number of urea groups is 2. The Morgan fingerprint density at radius 2 is 2.13 bits per heavy atom. The average molecular weight is 434 g/mol. The van der Waals surface area contributed by atoms with Crippen molar-refractivity contribution in [1.29, 1.82) is 0 Å². The number of carbonyl (C=O) groups excluding carboxylic acids is 2. The molecule has 158 valence electrons. The summed E-state index contributed by atoms with van der Waals surface area (Å²) >= 11 is -1.21. The number of anilines is 1. The number of carboxylic acid groups (broad SMARTS) is 1. The molecule has 1 unspecified atom stereocenters. The van der Waals surface area contributed by atoms with Crippen molar-refractivity contribution in [3.63, 3.8) is 0 Å². The van der Waals surface area contributed by atoms with Crippen LogP contribution in [0.4, 0.5) is 15.3 Å². The lowest BCUT2D eigenvalue weighted by Crippen LogP contribution is -2.38. The molecule has 30 heavy (non-hydrogen) atoms. The number of hydrogen-bond donors (Lipinski definition) is 3. The Balaban J connectivity index is 1.67. The zero-order valence-corrected chi connectivity index (χ0v) is 16.6. The minimum atomic E-state index is -1.21. The number of phenolic OH excluding ortho intramolecular Hbond substituents is 1. The molecule has 1 aliphatic heterocycles. The fraction of sp³-hybridized carbons (Fsp3) is 0.222. The number of amides is 4. The second kappa shape index (κ2) is 8.88. The molecule has 2 heterocycles. The van der Waals surface area contributed by atoms with Crippen molar-refractivity contribution < 1.29 is 33.6 Å². The van der Waals surface area contributed by atoms with E-state index in [1.165, 1.54) is 43.0 Å². The van der Waals surface area contributed by atoms with Gasteiger partial charge in [-0.2, -0.15) is 5.10 Å². The molecule has 0 bridgehead atoms. The number of aromatic hydroxyl groups is 1. The predicted molar refractivity (Wildman–Crippen MR) is 106 cm³/mol. The number of nitrogens with one attached hydrogen (secondary N) is 1. The van der Waals surface area contributed by atoms with Crippen LogP contribution in [0.3, 0.4) is 0 Å². The zero-order valence-electron chi connectivity index (χ0n) is 15.8. The second-order valence-corrected chi connectivity index (χ2v) is 7.66. The summed E-state index contributed by atoms with van der Waals surface area (Å²) in [6.45, 7) is 0.190. The van der Waals surface area contributed by atoms with Crippen LogP contribution in [0.5, 0.6) is 5.75 Å². The maximum atomic E-state index is 12.5. The fourth-order valence-electron chi connectivity index (χ4n) is 2.68. The Morgan fingerprint density at radius 3 is 2.80 bits per heavy atom. The molecule has 0 saturated carbocycles. The number of carbonyl (C=O) groups is 3. The number of rotatable bonds is 6. The number of phenols is 1. The number of hydrazone groups is 1. The first-order chi connectivity index (χ1) is 14.2. The summed E-state index contributed by atoms with van der Waals surface area (Å²) in [4.78, 5) is 37.3. The first-order valence-electron chi connectivity index (χ1n) is 8.64. The van der Waals surface area contributed by atoms with E-state index in [1.807, 2.05) is 0 Å². The quantitative estimate of drug-likeness (QED) is 0.460. The van der Waals surface area contributed by atoms with Gasteiger partial charge in [0.15, 0.2) is 10.7 Å². The number of nitrogens with zero attached hydrogens (tertiary/aromatic N) is 3. The lowest BCUT2D eigenvalue weighted by Gasteiger charge is -2.16. The smallest absolute Gasteiger partial charge is 0.348 e. The van der Waals surface area contributed by atoms with Gasteiger partial charge >= 0.3 is 18.0 Å². The lowest BCUT2D eigenvalue weighted by molar-refractivity contribution is -0.136. The van der Waals surface area contributed by atoms with Gasteiger partial charge in [0.2, 0.25) is 0 Å². The van der Waals surface area contributed by atoms with Gasteiger partial charge in [-0.3, -0.25) is 4.79 Å². The molecule has 1 saturated heterocycles. The Labute approximate surface area is 173 Å². The van der Waals surface area contributed by atoms with Gasteiger partial charge in [0, 0.05) is 17.8 Å². The van der Waals surface area contributed by atoms with Crippen molar-refractivity contribution in [2.24, 2.45) is 5.10 Å². The van der Waals surface area contributed by atoms with E-state index in [-0.39, 0.29) is 36.5 Å². The largest absolute Gasteiger partial charge is 0.612 e. The normalized spacial score (nSPS) is 15.1. The third kappa shape index (κ3) is 4.90. The highest BCUT2D eigenvalue weighted by molar-refractivity contribution is 7.90. The molecule has 1 fully saturated rings. The first-order valence-corrected chi connectivity index (χ1v) is 10.2. The van der Waals surface area contributed by atoms with Crippen LogP contribution in [0.15, 0.2) is 44.9 Å². The maximum absolute atomic E-state index is 12.5. The molecule has 0 aliphatic carbocycles. The summed E-state index contributed by atoms with van der Waals surface area (Å²) in [6, 6.07) is 3.95. The van der Waals surface area contributed by atoms with Gasteiger partial charge in [0.1, 0.15) is 18.3 Å². The van der Waals surface area contributed by atoms with Gasteiger partial charge in [0.05, 0.1) is 25.7 Å². The number of carboxylic acids is 1. The summed E-state index contributed by atoms with van der Waals surface area (Å²) in [6.07, 6.45) is 3.73. The van der Waals surface area contributed by atoms with Crippen molar-refractivity contribution in [2.75, 3.05) is 24.7 Å². The molecule has 3 rings (SSSR count). The molecule has 3 N–H and O–H groups in total. The van der Waals surface area contributed by atoms with E-state index in [0.29, 0.717) is 10.7 Å². The summed E-state index contributed by atoms with van der Waals surface area (Å²) in [7, 11) is 0. The molecular formula is C18H18N4O7S. The van der Waals surface area contributed by atoms with Crippen LogP contribution in [-0.2, 0) is 22.4 Å². The minimum absolute atomic E-state index is 0.0530. The standard InChI is InChI=1S/C18H18N4O7S/c1-30(28)14-8-13(29-10-14)9-19-22-5-4-21(18(22)27)17(26)20-15-7-12(23)3-2-11(15)6-16(24)25/h2-3,7-10,23H,4-6H2,1H3,(H,20,26)(H,24,25). The van der Waals surface area contributed by atoms with Crippen LogP contribution in [0.25, 0.3) is 0 Å². The average Bonchev–Trinajstić information content (AvgIpc) is 3.29. The number of benzene rings is 1. The summed E-state index contributed by atoms with van der Waals surface area (Å²) < 4.78 is 16.6. The van der Waals surface area contributed by atoms with Crippen molar-refractivity contribution in [2.45, 2.75) is 11.3 Å². The van der Waals surface area contributed by atoms with Crippen LogP contribution in [0.1, 0.15) is 11.3 Å². The molecule has 11 nitrogen and oxygen atoms in total. The first kappa shape index (κ1) is 21.2. The van der Waals surface area contributed by atoms with Gasteiger partial charge in [0.25, 0.3) is 0 Å². The van der Waals surface area contributed by atoms with Crippen LogP contribution < -0.4 is 5.32 Å². The van der Waals surface area contributed by atoms with Crippen molar-refractivity contribution in [3.05, 3.63) is 41.9 Å². The number of hydrogen-bond acceptors (Lipinski definition) is 7. The Morgan fingerprint density at radius 1 is 1.37 bits per heavy atom. The maximum Gasteiger partial charge on any atom is 0.348 e. The molecular weight excluding hydrogens is 416 g/mol. The van der Waals surface area contributed by atoms with Gasteiger partial charge in [-0.05, 0) is 22.8 Å². The highest BCUT2D eigenvalue weighted by Gasteiger charge is 2.33. The molecule has 1 aliphatic rings. The van der Waals surface area contributed by atoms with E-state index in [2.05, 4.69) is 10.4 Å². The van der Waals surface area contributed by atoms with Crippen LogP contribution in [-0.4, -0.2) is 68.3 Å². The van der Waals surface area contributed by atoms with Crippen LogP contribution in [0, 0.1) is 0 Å². The third-order valence-corrected chi connectivity index (χ3v) is 5.04. The number of imide groups is 1. The fourth-order valence-corrected chi connectivity index (χ4v) is 3.15. The topological polar surface area (TPSA) is 159 Å². The van der Waals surface area contributed by atoms with Crippen LogP contribution >= 0.6 is 0 Å². The molecule has 1 aromatic carbocycles. The Bertz CT molecular complexity index is 1000. The van der Waals surface area contributed by atoms with E-state index in [4.69, 9.17) is 9.52 Å². The SMILES string of the molecule is C[S+]([O-])c1coc(C=NN2CCN(C(=O)Nc3cc(O)ccc3CC(=O)O)C2=O)c1. The molecule has 0 spiro atoms. The number of aliphatic carboxylic acids is 1. The third-order valence-electron chi connectivity index (χ3n) is 4.16. The molecule has 1 aromatic heterocycles. The molecule has 2 aromatic rings.